The first-order chi connectivity index (χ1) is 13.5. The standard InChI is InChI=1S/C21H22N5O2/c1-4-14-23-19(25(3)12-8-6-5-7-9-12)15-20(24-14)26(11-22-15)16-13-10-21(13,2)18(28)17(16)27/h1,5-9,11,13,15-18,27-28H,10H2,2-3H3/q+1/t13?,15?,16-,17+,18+,21+/m1/s1. The van der Waals surface area contributed by atoms with Gasteiger partial charge in [-0.1, -0.05) is 30.1 Å². The number of hydrogen-bond acceptors (Lipinski definition) is 6. The molecule has 2 fully saturated rings. The number of anilines is 1. The third-order valence-electron chi connectivity index (χ3n) is 6.58. The summed E-state index contributed by atoms with van der Waals surface area (Å²) in [6, 6.07) is 9.22. The Morgan fingerprint density at radius 2 is 2.00 bits per heavy atom. The van der Waals surface area contributed by atoms with Crippen molar-refractivity contribution < 1.29 is 14.8 Å². The second-order valence-electron chi connectivity index (χ2n) is 8.12. The van der Waals surface area contributed by atoms with E-state index in [1.54, 1.807) is 6.34 Å². The second kappa shape index (κ2) is 5.84. The van der Waals surface area contributed by atoms with Gasteiger partial charge in [0, 0.05) is 24.1 Å². The summed E-state index contributed by atoms with van der Waals surface area (Å²) in [6.45, 7) is 2.02. The molecule has 2 aliphatic heterocycles. The SMILES string of the molecule is C#CC1=NC2=[N+]([C@@H]3C4C[C@]4(C)[C@@H](O)[C@H]3O)C=NC2C(N(C)c2ccccc2)=N1. The first-order valence-corrected chi connectivity index (χ1v) is 9.43. The molecule has 1 aromatic carbocycles. The number of amidine groups is 3. The van der Waals surface area contributed by atoms with E-state index >= 15 is 0 Å². The summed E-state index contributed by atoms with van der Waals surface area (Å²) >= 11 is 0. The van der Waals surface area contributed by atoms with E-state index in [0.717, 1.165) is 12.1 Å². The minimum Gasteiger partial charge on any atom is -0.390 e. The van der Waals surface area contributed by atoms with Crippen LogP contribution in [0.3, 0.4) is 0 Å². The minimum absolute atomic E-state index is 0.203. The van der Waals surface area contributed by atoms with Crippen LogP contribution in [0.5, 0.6) is 0 Å². The maximum Gasteiger partial charge on any atom is 0.290 e. The number of benzene rings is 1. The van der Waals surface area contributed by atoms with E-state index in [1.807, 2.05) is 53.8 Å². The smallest absolute Gasteiger partial charge is 0.290 e. The van der Waals surface area contributed by atoms with Crippen molar-refractivity contribution in [2.75, 3.05) is 11.9 Å². The third kappa shape index (κ3) is 2.25. The molecule has 2 saturated carbocycles. The van der Waals surface area contributed by atoms with Gasteiger partial charge in [0.2, 0.25) is 6.34 Å². The van der Waals surface area contributed by atoms with Crippen molar-refractivity contribution in [3.05, 3.63) is 30.3 Å². The number of rotatable bonds is 2. The topological polar surface area (TPSA) is 83.8 Å². The molecule has 5 rings (SSSR count). The quantitative estimate of drug-likeness (QED) is 0.583. The van der Waals surface area contributed by atoms with Crippen LogP contribution in [0.1, 0.15) is 13.3 Å². The van der Waals surface area contributed by atoms with Gasteiger partial charge in [0.25, 0.3) is 17.7 Å². The van der Waals surface area contributed by atoms with Crippen molar-refractivity contribution in [1.29, 1.82) is 0 Å². The first kappa shape index (κ1) is 17.3. The lowest BCUT2D eigenvalue weighted by Gasteiger charge is -2.24. The molecular weight excluding hydrogens is 354 g/mol. The highest BCUT2D eigenvalue weighted by Gasteiger charge is 2.70. The normalized spacial score (nSPS) is 37.8. The lowest BCUT2D eigenvalue weighted by atomic mass is 10.0. The largest absolute Gasteiger partial charge is 0.390 e. The number of likely N-dealkylation sites (N-methyl/N-ethyl adjacent to an activating group) is 1. The van der Waals surface area contributed by atoms with Crippen LogP contribution < -0.4 is 4.90 Å². The highest BCUT2D eigenvalue weighted by Crippen LogP contribution is 2.63. The molecular formula is C21H22N5O2+. The van der Waals surface area contributed by atoms with Gasteiger partial charge in [-0.2, -0.15) is 4.99 Å². The summed E-state index contributed by atoms with van der Waals surface area (Å²) in [5.41, 5.74) is 0.736. The molecule has 2 N–H and O–H groups in total. The Kier molecular flexibility index (Phi) is 3.60. The summed E-state index contributed by atoms with van der Waals surface area (Å²) in [6.07, 6.45) is 6.63. The summed E-state index contributed by atoms with van der Waals surface area (Å²) < 4.78 is 1.90. The van der Waals surface area contributed by atoms with Crippen LogP contribution in [0.4, 0.5) is 5.69 Å². The van der Waals surface area contributed by atoms with Crippen molar-refractivity contribution in [3.8, 4) is 12.3 Å². The summed E-state index contributed by atoms with van der Waals surface area (Å²) in [7, 11) is 1.93. The number of nitrogens with zero attached hydrogens (tertiary/aromatic N) is 5. The second-order valence-corrected chi connectivity index (χ2v) is 8.12. The molecule has 0 radical (unpaired) electrons. The molecule has 1 aromatic rings. The van der Waals surface area contributed by atoms with Crippen molar-refractivity contribution in [3.63, 3.8) is 0 Å². The minimum atomic E-state index is -0.847. The molecule has 0 saturated heterocycles. The van der Waals surface area contributed by atoms with Crippen molar-refractivity contribution in [2.24, 2.45) is 26.3 Å². The summed E-state index contributed by atoms with van der Waals surface area (Å²) in [5, 5.41) is 21.1. The Labute approximate surface area is 163 Å². The molecule has 0 aromatic heterocycles. The van der Waals surface area contributed by atoms with E-state index in [4.69, 9.17) is 6.42 Å². The van der Waals surface area contributed by atoms with Crippen molar-refractivity contribution in [1.82, 2.24) is 0 Å². The zero-order chi connectivity index (χ0) is 19.6. The van der Waals surface area contributed by atoms with Crippen LogP contribution in [0.2, 0.25) is 0 Å². The molecule has 7 nitrogen and oxygen atoms in total. The Balaban J connectivity index is 1.56. The molecule has 0 spiro atoms. The van der Waals surface area contributed by atoms with Crippen molar-refractivity contribution >= 4 is 29.5 Å². The maximum absolute atomic E-state index is 10.7. The number of fused-ring (bicyclic) bond motifs is 2. The van der Waals surface area contributed by atoms with E-state index in [2.05, 4.69) is 20.9 Å². The predicted octanol–water partition coefficient (Wildman–Crippen LogP) is 0.518. The molecule has 6 atom stereocenters. The van der Waals surface area contributed by atoms with Crippen LogP contribution in [-0.2, 0) is 0 Å². The Hall–Kier alpha value is -2.82. The molecule has 7 heteroatoms. The van der Waals surface area contributed by atoms with Gasteiger partial charge >= 0.3 is 0 Å². The van der Waals surface area contributed by atoms with Crippen LogP contribution in [0.25, 0.3) is 0 Å². The summed E-state index contributed by atoms with van der Waals surface area (Å²) in [5.74, 6) is 4.37. The first-order valence-electron chi connectivity index (χ1n) is 9.43. The highest BCUT2D eigenvalue weighted by atomic mass is 16.3. The predicted molar refractivity (Wildman–Crippen MR) is 108 cm³/mol. The van der Waals surface area contributed by atoms with E-state index in [1.165, 1.54) is 0 Å². The number of aliphatic hydroxyl groups excluding tert-OH is 2. The zero-order valence-corrected chi connectivity index (χ0v) is 15.8. The zero-order valence-electron chi connectivity index (χ0n) is 15.8. The molecule has 28 heavy (non-hydrogen) atoms. The Morgan fingerprint density at radius 3 is 2.64 bits per heavy atom. The monoisotopic (exact) mass is 376 g/mol. The van der Waals surface area contributed by atoms with Crippen LogP contribution in [-0.4, -0.2) is 70.0 Å². The molecule has 142 valence electrons. The van der Waals surface area contributed by atoms with Crippen LogP contribution in [0, 0.1) is 23.7 Å². The lowest BCUT2D eigenvalue weighted by Crippen LogP contribution is -2.47. The van der Waals surface area contributed by atoms with Gasteiger partial charge in [-0.25, -0.2) is 4.58 Å². The van der Waals surface area contributed by atoms with E-state index in [9.17, 15) is 10.2 Å². The van der Waals surface area contributed by atoms with Gasteiger partial charge in [-0.15, -0.1) is 11.4 Å². The molecule has 0 bridgehead atoms. The Morgan fingerprint density at radius 1 is 1.25 bits per heavy atom. The fraction of sp³-hybridized carbons (Fsp3) is 0.429. The lowest BCUT2D eigenvalue weighted by molar-refractivity contribution is -0.463. The molecule has 2 heterocycles. The molecule has 2 unspecified atom stereocenters. The van der Waals surface area contributed by atoms with Gasteiger partial charge in [0.15, 0.2) is 5.84 Å². The third-order valence-corrected chi connectivity index (χ3v) is 6.58. The number of hydrogen-bond donors (Lipinski definition) is 2. The fourth-order valence-electron chi connectivity index (χ4n) is 4.79. The number of terminal acetylenes is 1. The Bertz CT molecular complexity index is 1000. The van der Waals surface area contributed by atoms with E-state index < -0.39 is 18.2 Å². The molecule has 2 aliphatic carbocycles. The molecule has 4 aliphatic rings. The van der Waals surface area contributed by atoms with Gasteiger partial charge in [-0.3, -0.25) is 0 Å². The average Bonchev–Trinajstić information content (AvgIpc) is 3.15. The maximum atomic E-state index is 10.7. The number of aliphatic imine (C=N–C) groups is 3. The highest BCUT2D eigenvalue weighted by molar-refractivity contribution is 6.27. The van der Waals surface area contributed by atoms with Gasteiger partial charge < -0.3 is 15.1 Å². The van der Waals surface area contributed by atoms with Gasteiger partial charge in [-0.05, 0) is 24.5 Å². The fourth-order valence-corrected chi connectivity index (χ4v) is 4.79. The summed E-state index contributed by atoms with van der Waals surface area (Å²) in [4.78, 5) is 15.7. The molecule has 0 amide bonds. The van der Waals surface area contributed by atoms with Crippen LogP contribution in [0.15, 0.2) is 45.3 Å². The number of aliphatic hydroxyl groups is 2. The van der Waals surface area contributed by atoms with Gasteiger partial charge in [0.05, 0.1) is 6.10 Å². The van der Waals surface area contributed by atoms with E-state index in [0.29, 0.717) is 11.7 Å². The van der Waals surface area contributed by atoms with E-state index in [-0.39, 0.29) is 23.2 Å². The van der Waals surface area contributed by atoms with Crippen molar-refractivity contribution in [2.45, 2.75) is 37.6 Å². The average molecular weight is 376 g/mol. The number of para-hydroxylation sites is 1. The van der Waals surface area contributed by atoms with Gasteiger partial charge in [0.1, 0.15) is 12.1 Å². The van der Waals surface area contributed by atoms with Crippen LogP contribution >= 0.6 is 0 Å².